The molecule has 284 valence electrons. The summed E-state index contributed by atoms with van der Waals surface area (Å²) in [4.78, 5) is 25.1. The maximum Gasteiger partial charge on any atom is 1.00 e. The van der Waals surface area contributed by atoms with E-state index in [4.69, 9.17) is 5.73 Å². The Hall–Kier alpha value is -4.42. The molecule has 0 bridgehead atoms. The Labute approximate surface area is 377 Å². The molecule has 18 nitrogen and oxygen atoms in total. The zero-order valence-electron chi connectivity index (χ0n) is 31.4. The van der Waals surface area contributed by atoms with Crippen molar-refractivity contribution in [1.29, 1.82) is 0 Å². The fourth-order valence-corrected chi connectivity index (χ4v) is 5.90. The Morgan fingerprint density at radius 3 is 1.67 bits per heavy atom. The number of nitrogen functional groups attached to an aromatic ring is 1. The summed E-state index contributed by atoms with van der Waals surface area (Å²) in [6.45, 7) is 1.69. The van der Waals surface area contributed by atoms with Crippen molar-refractivity contribution in [3.05, 3.63) is 114 Å². The number of rotatable bonds is 14. The number of aromatic nitrogens is 6. The Morgan fingerprint density at radius 2 is 1.12 bits per heavy atom. The zero-order chi connectivity index (χ0) is 39.2. The van der Waals surface area contributed by atoms with Gasteiger partial charge in [-0.2, -0.15) is 34.2 Å². The summed E-state index contributed by atoms with van der Waals surface area (Å²) in [5, 5.41) is 28.9. The van der Waals surface area contributed by atoms with E-state index in [0.717, 1.165) is 11.4 Å². The van der Waals surface area contributed by atoms with E-state index in [0.29, 0.717) is 57.5 Å². The molecule has 2 aromatic heterocycles. The SMILES string of the molecule is CNc1nc(N)nc(Nc2ccccc2)n1.CNc1nc(Nc2ccccc2)nc(Nc2ccc(/C=C/c3ccc(C)cc3S(=O)(=O)[O-])c(SOO[O-])c2)n1.[Na+].[Na+]. The van der Waals surface area contributed by atoms with E-state index in [1.165, 1.54) is 18.2 Å². The molecule has 0 aliphatic carbocycles. The third kappa shape index (κ3) is 14.8. The van der Waals surface area contributed by atoms with Gasteiger partial charge in [0.05, 0.1) is 16.9 Å². The number of hydrogen-bond donors (Lipinski definition) is 6. The number of nitrogens with one attached hydrogen (secondary N) is 5. The molecule has 4 aromatic carbocycles. The first-order chi connectivity index (χ1) is 26.5. The van der Waals surface area contributed by atoms with Gasteiger partial charge in [0.25, 0.3) is 0 Å². The molecule has 0 unspecified atom stereocenters. The third-order valence-corrected chi connectivity index (χ3v) is 8.65. The van der Waals surface area contributed by atoms with Crippen molar-refractivity contribution in [1.82, 2.24) is 29.9 Å². The molecule has 0 aliphatic heterocycles. The number of anilines is 9. The second-order valence-corrected chi connectivity index (χ2v) is 13.1. The number of nitrogens with two attached hydrogens (primary N) is 1. The van der Waals surface area contributed by atoms with E-state index in [-0.39, 0.29) is 81.5 Å². The normalized spacial score (nSPS) is 10.6. The van der Waals surface area contributed by atoms with E-state index < -0.39 is 10.1 Å². The van der Waals surface area contributed by atoms with Gasteiger partial charge in [0.2, 0.25) is 35.7 Å². The molecule has 2 heterocycles. The molecule has 0 saturated carbocycles. The third-order valence-electron chi connectivity index (χ3n) is 7.10. The first-order valence-corrected chi connectivity index (χ1v) is 18.2. The van der Waals surface area contributed by atoms with Crippen LogP contribution in [0.1, 0.15) is 16.7 Å². The number of para-hydroxylation sites is 2. The summed E-state index contributed by atoms with van der Waals surface area (Å²) in [6, 6.07) is 28.6. The summed E-state index contributed by atoms with van der Waals surface area (Å²) in [5.74, 6) is 1.90. The van der Waals surface area contributed by atoms with Gasteiger partial charge in [-0.3, -0.25) is 5.04 Å². The van der Waals surface area contributed by atoms with Gasteiger partial charge in [0, 0.05) is 36.1 Å². The maximum atomic E-state index is 11.7. The van der Waals surface area contributed by atoms with Crippen molar-refractivity contribution in [2.75, 3.05) is 46.4 Å². The average Bonchev–Trinajstić information content (AvgIpc) is 3.17. The topological polar surface area (TPSA) is 262 Å². The monoisotopic (exact) mass is 828 g/mol. The van der Waals surface area contributed by atoms with Crippen LogP contribution in [0.25, 0.3) is 12.2 Å². The van der Waals surface area contributed by atoms with Gasteiger partial charge in [0.15, 0.2) is 0 Å². The van der Waals surface area contributed by atoms with Crippen LogP contribution in [0.5, 0.6) is 0 Å². The number of aryl methyl sites for hydroxylation is 1. The molecule has 7 N–H and O–H groups in total. The quantitative estimate of drug-likeness (QED) is 0.0197. The molecule has 6 aromatic rings. The van der Waals surface area contributed by atoms with Gasteiger partial charge >= 0.3 is 59.1 Å². The molecule has 6 rings (SSSR count). The Kier molecular flexibility index (Phi) is 19.0. The summed E-state index contributed by atoms with van der Waals surface area (Å²) in [6.07, 6.45) is 3.07. The molecule has 0 amide bonds. The smallest absolute Gasteiger partial charge is 0.744 e. The summed E-state index contributed by atoms with van der Waals surface area (Å²) < 4.78 is 39.7. The van der Waals surface area contributed by atoms with Crippen molar-refractivity contribution < 1.29 is 86.7 Å². The van der Waals surface area contributed by atoms with Crippen molar-refractivity contribution in [2.24, 2.45) is 0 Å². The Bertz CT molecular complexity index is 2350. The first kappa shape index (κ1) is 47.0. The van der Waals surface area contributed by atoms with Crippen LogP contribution < -0.4 is 96.7 Å². The van der Waals surface area contributed by atoms with Gasteiger partial charge in [-0.15, -0.1) is 0 Å². The predicted molar refractivity (Wildman–Crippen MR) is 208 cm³/mol. The second-order valence-electron chi connectivity index (χ2n) is 11.1. The molecule has 57 heavy (non-hydrogen) atoms. The van der Waals surface area contributed by atoms with Gasteiger partial charge < -0.3 is 42.1 Å². The summed E-state index contributed by atoms with van der Waals surface area (Å²) in [7, 11) is -1.28. The fraction of sp³-hybridized carbons (Fsp3) is 0.0857. The van der Waals surface area contributed by atoms with Crippen molar-refractivity contribution >= 4 is 87.1 Å². The molecular formula is C35H34N12Na2O6S2. The summed E-state index contributed by atoms with van der Waals surface area (Å²) in [5.41, 5.74) is 9.19. The van der Waals surface area contributed by atoms with Gasteiger partial charge in [-0.25, -0.2) is 8.42 Å². The standard InChI is InChI=1S/C25H24N6O6S2.C10H12N6.2Na/c1-16-8-9-18(22(14-16)39(33,34)35)11-10-17-12-13-20(15-21(17)38-37-36-32)28-25-30-23(26-2)29-24(31-25)27-19-6-4-3-5-7-19;1-12-9-14-8(11)15-10(16-9)13-7-5-3-2-4-6-7;;/h3-15,32H,1-2H3,(H,33,34,35)(H3,26,27,28,29,30,31);2-6H,1H3,(H4,11,12,13,14,15,16);;/q;;2*+1/p-2/b11-10+;;;. The van der Waals surface area contributed by atoms with E-state index >= 15 is 0 Å². The van der Waals surface area contributed by atoms with E-state index in [9.17, 15) is 18.2 Å². The van der Waals surface area contributed by atoms with Crippen LogP contribution in [0.4, 0.5) is 52.8 Å². The second kappa shape index (κ2) is 23.1. The molecular weight excluding hydrogens is 795 g/mol. The Balaban J connectivity index is 0.000000405. The van der Waals surface area contributed by atoms with Crippen LogP contribution in [0.15, 0.2) is 107 Å². The van der Waals surface area contributed by atoms with E-state index in [1.54, 1.807) is 51.4 Å². The van der Waals surface area contributed by atoms with Crippen LogP contribution in [-0.2, 0) is 19.5 Å². The number of benzene rings is 4. The maximum absolute atomic E-state index is 11.7. The van der Waals surface area contributed by atoms with Crippen molar-refractivity contribution in [2.45, 2.75) is 16.7 Å². The first-order valence-electron chi connectivity index (χ1n) is 16.1. The van der Waals surface area contributed by atoms with Crippen LogP contribution >= 0.6 is 12.0 Å². The fourth-order valence-electron chi connectivity index (χ4n) is 4.64. The minimum atomic E-state index is -4.69. The molecule has 0 aliphatic rings. The molecule has 0 spiro atoms. The van der Waals surface area contributed by atoms with Crippen molar-refractivity contribution in [3.8, 4) is 0 Å². The zero-order valence-corrected chi connectivity index (χ0v) is 37.1. The molecule has 22 heteroatoms. The average molecular weight is 829 g/mol. The van der Waals surface area contributed by atoms with Crippen LogP contribution in [0.3, 0.4) is 0 Å². The van der Waals surface area contributed by atoms with Gasteiger partial charge in [-0.05, 0) is 66.1 Å². The largest absolute Gasteiger partial charge is 1.00 e. The number of hydrogen-bond acceptors (Lipinski definition) is 19. The minimum absolute atomic E-state index is 0. The van der Waals surface area contributed by atoms with Crippen LogP contribution in [0, 0.1) is 6.92 Å². The predicted octanol–water partition coefficient (Wildman–Crippen LogP) is -0.739. The molecule has 0 radical (unpaired) electrons. The summed E-state index contributed by atoms with van der Waals surface area (Å²) >= 11 is 0.648. The van der Waals surface area contributed by atoms with E-state index in [2.05, 4.69) is 65.9 Å². The van der Waals surface area contributed by atoms with E-state index in [1.807, 2.05) is 60.7 Å². The molecule has 0 fully saturated rings. The van der Waals surface area contributed by atoms with Crippen LogP contribution in [-0.4, -0.2) is 57.0 Å². The van der Waals surface area contributed by atoms with Gasteiger partial charge in [0.1, 0.15) is 10.1 Å². The van der Waals surface area contributed by atoms with Crippen LogP contribution in [0.2, 0.25) is 0 Å². The molecule has 0 atom stereocenters. The van der Waals surface area contributed by atoms with Crippen molar-refractivity contribution in [3.63, 3.8) is 0 Å². The van der Waals surface area contributed by atoms with Gasteiger partial charge in [-0.1, -0.05) is 66.7 Å². The Morgan fingerprint density at radius 1 is 0.649 bits per heavy atom. The minimum Gasteiger partial charge on any atom is -0.744 e. The number of nitrogens with zero attached hydrogens (tertiary/aromatic N) is 6. The molecule has 0 saturated heterocycles.